The number of esters is 1. The van der Waals surface area contributed by atoms with E-state index in [0.717, 1.165) is 39.0 Å². The summed E-state index contributed by atoms with van der Waals surface area (Å²) in [4.78, 5) is 16.8. The first kappa shape index (κ1) is 18.4. The van der Waals surface area contributed by atoms with Crippen LogP contribution in [0.4, 0.5) is 0 Å². The largest absolute Gasteiger partial charge is 0.468 e. The van der Waals surface area contributed by atoms with Gasteiger partial charge in [-0.25, -0.2) is 0 Å². The van der Waals surface area contributed by atoms with Gasteiger partial charge < -0.3 is 19.9 Å². The summed E-state index contributed by atoms with van der Waals surface area (Å²) in [5.74, 6) is -0.160. The Morgan fingerprint density at radius 3 is 2.57 bits per heavy atom. The Labute approximate surface area is 130 Å². The number of piperidine rings is 1. The van der Waals surface area contributed by atoms with Crippen molar-refractivity contribution in [3.8, 4) is 0 Å². The van der Waals surface area contributed by atoms with E-state index >= 15 is 0 Å². The lowest BCUT2D eigenvalue weighted by Gasteiger charge is -2.37. The van der Waals surface area contributed by atoms with Crippen molar-refractivity contribution in [2.24, 2.45) is 0 Å². The minimum absolute atomic E-state index is 0.160. The van der Waals surface area contributed by atoms with Gasteiger partial charge >= 0.3 is 5.97 Å². The van der Waals surface area contributed by atoms with E-state index in [9.17, 15) is 4.79 Å². The molecule has 1 heterocycles. The van der Waals surface area contributed by atoms with E-state index < -0.39 is 5.54 Å². The lowest BCUT2D eigenvalue weighted by atomic mass is 9.96. The molecule has 0 bridgehead atoms. The molecular weight excluding hydrogens is 266 g/mol. The molecule has 1 aliphatic rings. The van der Waals surface area contributed by atoms with Crippen LogP contribution in [-0.4, -0.2) is 74.7 Å². The van der Waals surface area contributed by atoms with Gasteiger partial charge in [-0.05, 0) is 66.3 Å². The summed E-state index contributed by atoms with van der Waals surface area (Å²) < 4.78 is 4.98. The molecule has 5 nitrogen and oxygen atoms in total. The molecule has 1 saturated heterocycles. The van der Waals surface area contributed by atoms with E-state index in [1.165, 1.54) is 20.0 Å². The molecule has 1 fully saturated rings. The average Bonchev–Trinajstić information content (AvgIpc) is 2.50. The van der Waals surface area contributed by atoms with E-state index in [-0.39, 0.29) is 5.97 Å². The smallest absolute Gasteiger partial charge is 0.325 e. The summed E-state index contributed by atoms with van der Waals surface area (Å²) in [5, 5.41) is 3.35. The third-order valence-corrected chi connectivity index (χ3v) is 4.68. The Kier molecular flexibility index (Phi) is 7.63. The summed E-state index contributed by atoms with van der Waals surface area (Å²) in [6, 6.07) is 0.634. The highest BCUT2D eigenvalue weighted by Gasteiger charge is 2.34. The Hall–Kier alpha value is -0.650. The van der Waals surface area contributed by atoms with Gasteiger partial charge in [-0.3, -0.25) is 4.79 Å². The van der Waals surface area contributed by atoms with Crippen LogP contribution in [0, 0.1) is 0 Å². The Balaban J connectivity index is 2.49. The molecule has 0 radical (unpaired) electrons. The molecule has 21 heavy (non-hydrogen) atoms. The number of carbonyl (C=O) groups excluding carboxylic acids is 1. The number of methoxy groups -OCH3 is 1. The van der Waals surface area contributed by atoms with Crippen molar-refractivity contribution in [2.45, 2.75) is 51.1 Å². The van der Waals surface area contributed by atoms with E-state index in [1.54, 1.807) is 0 Å². The molecule has 0 aromatic rings. The number of likely N-dealkylation sites (tertiary alicyclic amines) is 1. The zero-order valence-corrected chi connectivity index (χ0v) is 14.4. The molecule has 1 rings (SSSR count). The molecule has 124 valence electrons. The summed E-state index contributed by atoms with van der Waals surface area (Å²) in [5.41, 5.74) is -0.579. The van der Waals surface area contributed by atoms with Crippen LogP contribution in [0.5, 0.6) is 0 Å². The van der Waals surface area contributed by atoms with Crippen molar-refractivity contribution in [3.05, 3.63) is 0 Å². The second kappa shape index (κ2) is 8.71. The maximum atomic E-state index is 12.1. The SMILES string of the molecule is CCCNC(C)(CCN(C)C1CCN(C)CC1)C(=O)OC. The van der Waals surface area contributed by atoms with Gasteiger partial charge in [0.15, 0.2) is 0 Å². The first-order valence-corrected chi connectivity index (χ1v) is 8.15. The topological polar surface area (TPSA) is 44.8 Å². The molecule has 0 saturated carbocycles. The van der Waals surface area contributed by atoms with Crippen LogP contribution in [-0.2, 0) is 9.53 Å². The first-order valence-electron chi connectivity index (χ1n) is 8.15. The van der Waals surface area contributed by atoms with E-state index in [0.29, 0.717) is 6.04 Å². The van der Waals surface area contributed by atoms with Crippen molar-refractivity contribution in [2.75, 3.05) is 47.4 Å². The van der Waals surface area contributed by atoms with Gasteiger partial charge in [-0.2, -0.15) is 0 Å². The van der Waals surface area contributed by atoms with Crippen LogP contribution in [0.3, 0.4) is 0 Å². The average molecular weight is 299 g/mol. The summed E-state index contributed by atoms with van der Waals surface area (Å²) in [6.07, 6.45) is 4.22. The number of rotatable bonds is 8. The minimum Gasteiger partial charge on any atom is -0.468 e. The number of carbonyl (C=O) groups is 1. The highest BCUT2D eigenvalue weighted by atomic mass is 16.5. The Morgan fingerprint density at radius 2 is 2.05 bits per heavy atom. The van der Waals surface area contributed by atoms with Crippen molar-refractivity contribution in [1.82, 2.24) is 15.1 Å². The molecule has 5 heteroatoms. The summed E-state index contributed by atoms with van der Waals surface area (Å²) in [7, 11) is 5.82. The van der Waals surface area contributed by atoms with Gasteiger partial charge in [0.2, 0.25) is 0 Å². The van der Waals surface area contributed by atoms with Crippen molar-refractivity contribution in [1.29, 1.82) is 0 Å². The zero-order valence-electron chi connectivity index (χ0n) is 14.4. The third-order valence-electron chi connectivity index (χ3n) is 4.68. The predicted octanol–water partition coefficient (Wildman–Crippen LogP) is 1.33. The van der Waals surface area contributed by atoms with E-state index in [2.05, 4.69) is 36.1 Å². The van der Waals surface area contributed by atoms with Crippen LogP contribution in [0.25, 0.3) is 0 Å². The molecular formula is C16H33N3O2. The number of ether oxygens (including phenoxy) is 1. The van der Waals surface area contributed by atoms with Crippen molar-refractivity contribution < 1.29 is 9.53 Å². The molecule has 0 spiro atoms. The third kappa shape index (κ3) is 5.57. The molecule has 0 amide bonds. The van der Waals surface area contributed by atoms with Crippen LogP contribution in [0.15, 0.2) is 0 Å². The van der Waals surface area contributed by atoms with E-state index in [4.69, 9.17) is 4.74 Å². The van der Waals surface area contributed by atoms with Crippen LogP contribution >= 0.6 is 0 Å². The normalized spacial score (nSPS) is 20.5. The standard InChI is InChI=1S/C16H33N3O2/c1-6-10-17-16(2,15(20)21-5)9-13-19(4)14-7-11-18(3)12-8-14/h14,17H,6-13H2,1-5H3. The molecule has 1 aliphatic heterocycles. The van der Waals surface area contributed by atoms with Gasteiger partial charge in [-0.15, -0.1) is 0 Å². The van der Waals surface area contributed by atoms with Gasteiger partial charge in [0, 0.05) is 12.6 Å². The number of nitrogens with one attached hydrogen (secondary N) is 1. The maximum Gasteiger partial charge on any atom is 0.325 e. The van der Waals surface area contributed by atoms with Crippen LogP contribution in [0.2, 0.25) is 0 Å². The van der Waals surface area contributed by atoms with Gasteiger partial charge in [0.05, 0.1) is 7.11 Å². The summed E-state index contributed by atoms with van der Waals surface area (Å²) >= 11 is 0. The van der Waals surface area contributed by atoms with Crippen LogP contribution in [0.1, 0.15) is 39.5 Å². The number of hydrogen-bond acceptors (Lipinski definition) is 5. The monoisotopic (exact) mass is 299 g/mol. The number of nitrogens with zero attached hydrogens (tertiary/aromatic N) is 2. The number of hydrogen-bond donors (Lipinski definition) is 1. The van der Waals surface area contributed by atoms with Gasteiger partial charge in [0.25, 0.3) is 0 Å². The van der Waals surface area contributed by atoms with Crippen LogP contribution < -0.4 is 5.32 Å². The molecule has 1 atom stereocenters. The molecule has 0 aromatic carbocycles. The predicted molar refractivity (Wildman–Crippen MR) is 86.5 cm³/mol. The molecule has 1 N–H and O–H groups in total. The van der Waals surface area contributed by atoms with Gasteiger partial charge in [0.1, 0.15) is 5.54 Å². The second-order valence-electron chi connectivity index (χ2n) is 6.52. The second-order valence-corrected chi connectivity index (χ2v) is 6.52. The molecule has 0 aromatic heterocycles. The quantitative estimate of drug-likeness (QED) is 0.685. The molecule has 1 unspecified atom stereocenters. The highest BCUT2D eigenvalue weighted by Crippen LogP contribution is 2.18. The van der Waals surface area contributed by atoms with Crippen molar-refractivity contribution in [3.63, 3.8) is 0 Å². The van der Waals surface area contributed by atoms with Gasteiger partial charge in [-0.1, -0.05) is 6.92 Å². The lowest BCUT2D eigenvalue weighted by Crippen LogP contribution is -2.53. The lowest BCUT2D eigenvalue weighted by molar-refractivity contribution is -0.148. The minimum atomic E-state index is -0.579. The highest BCUT2D eigenvalue weighted by molar-refractivity contribution is 5.80. The fourth-order valence-electron chi connectivity index (χ4n) is 2.91. The maximum absolute atomic E-state index is 12.1. The first-order chi connectivity index (χ1) is 9.92. The Morgan fingerprint density at radius 1 is 1.43 bits per heavy atom. The zero-order chi connectivity index (χ0) is 15.9. The summed E-state index contributed by atoms with van der Waals surface area (Å²) in [6.45, 7) is 8.14. The fraction of sp³-hybridized carbons (Fsp3) is 0.938. The van der Waals surface area contributed by atoms with E-state index in [1.807, 2.05) is 6.92 Å². The molecule has 0 aliphatic carbocycles. The fourth-order valence-corrected chi connectivity index (χ4v) is 2.91. The van der Waals surface area contributed by atoms with Crippen molar-refractivity contribution >= 4 is 5.97 Å². The Bertz CT molecular complexity index is 317.